The zero-order valence-corrected chi connectivity index (χ0v) is 12.5. The van der Waals surface area contributed by atoms with Gasteiger partial charge in [-0.1, -0.05) is 38.1 Å². The number of amides is 1. The van der Waals surface area contributed by atoms with E-state index in [1.165, 1.54) is 16.9 Å². The van der Waals surface area contributed by atoms with Gasteiger partial charge in [0.05, 0.1) is 5.69 Å². The maximum absolute atomic E-state index is 11.9. The van der Waals surface area contributed by atoms with Gasteiger partial charge in [0.2, 0.25) is 5.91 Å². The van der Waals surface area contributed by atoms with Crippen molar-refractivity contribution in [2.24, 2.45) is 11.8 Å². The van der Waals surface area contributed by atoms with Gasteiger partial charge in [0.1, 0.15) is 0 Å². The van der Waals surface area contributed by atoms with Crippen molar-refractivity contribution in [3.63, 3.8) is 0 Å². The number of rotatable bonds is 4. The maximum atomic E-state index is 11.9. The zero-order chi connectivity index (χ0) is 14.1. The molecule has 0 radical (unpaired) electrons. The van der Waals surface area contributed by atoms with Crippen LogP contribution in [0.3, 0.4) is 0 Å². The number of aryl methyl sites for hydroxylation is 1. The van der Waals surface area contributed by atoms with E-state index in [9.17, 15) is 4.79 Å². The minimum Gasteiger partial charge on any atom is -0.302 e. The molecule has 1 aliphatic rings. The topological polar surface area (TPSA) is 42.0 Å². The molecule has 2 aromatic rings. The molecule has 1 saturated carbocycles. The molecular weight excluding hydrogens is 268 g/mol. The van der Waals surface area contributed by atoms with Crippen molar-refractivity contribution in [1.29, 1.82) is 0 Å². The summed E-state index contributed by atoms with van der Waals surface area (Å²) in [4.78, 5) is 16.4. The van der Waals surface area contributed by atoms with Crippen molar-refractivity contribution in [2.75, 3.05) is 5.32 Å². The van der Waals surface area contributed by atoms with E-state index in [1.54, 1.807) is 0 Å². The third kappa shape index (κ3) is 2.75. The van der Waals surface area contributed by atoms with Crippen LogP contribution in [-0.2, 0) is 11.2 Å². The van der Waals surface area contributed by atoms with Crippen molar-refractivity contribution in [1.82, 2.24) is 4.98 Å². The van der Waals surface area contributed by atoms with Crippen LogP contribution in [-0.4, -0.2) is 10.9 Å². The Hall–Kier alpha value is -1.68. The van der Waals surface area contributed by atoms with Gasteiger partial charge in [-0.05, 0) is 24.3 Å². The molecular formula is C16H18N2OS. The molecule has 104 valence electrons. The van der Waals surface area contributed by atoms with Gasteiger partial charge in [-0.2, -0.15) is 0 Å². The number of nitrogens with one attached hydrogen (secondary N) is 1. The molecule has 2 atom stereocenters. The molecule has 0 spiro atoms. The van der Waals surface area contributed by atoms with Crippen LogP contribution in [0.1, 0.15) is 25.8 Å². The minimum atomic E-state index is 0.111. The first-order chi connectivity index (χ1) is 9.67. The van der Waals surface area contributed by atoms with Gasteiger partial charge in [-0.25, -0.2) is 4.98 Å². The van der Waals surface area contributed by atoms with Gasteiger partial charge in [-0.15, -0.1) is 11.3 Å². The van der Waals surface area contributed by atoms with Crippen LogP contribution in [0.25, 0.3) is 11.3 Å². The van der Waals surface area contributed by atoms with Crippen LogP contribution >= 0.6 is 11.3 Å². The summed E-state index contributed by atoms with van der Waals surface area (Å²) in [5.74, 6) is 0.821. The summed E-state index contributed by atoms with van der Waals surface area (Å²) in [5, 5.41) is 5.61. The van der Waals surface area contributed by atoms with Crippen LogP contribution in [0.2, 0.25) is 0 Å². The van der Waals surface area contributed by atoms with Gasteiger partial charge in [0, 0.05) is 16.9 Å². The highest BCUT2D eigenvalue weighted by Crippen LogP contribution is 2.38. The summed E-state index contributed by atoms with van der Waals surface area (Å²) in [6.07, 6.45) is 2.04. The summed E-state index contributed by atoms with van der Waals surface area (Å²) >= 11 is 1.49. The van der Waals surface area contributed by atoms with Gasteiger partial charge >= 0.3 is 0 Å². The Labute approximate surface area is 123 Å². The average Bonchev–Trinajstić information content (AvgIpc) is 3.02. The Morgan fingerprint density at radius 3 is 2.70 bits per heavy atom. The van der Waals surface area contributed by atoms with Crippen molar-refractivity contribution >= 4 is 22.4 Å². The maximum Gasteiger partial charge on any atom is 0.229 e. The zero-order valence-electron chi connectivity index (χ0n) is 11.7. The molecule has 1 aromatic heterocycles. The normalized spacial score (nSPS) is 20.7. The lowest BCUT2D eigenvalue weighted by Gasteiger charge is -2.00. The van der Waals surface area contributed by atoms with E-state index >= 15 is 0 Å². The first kappa shape index (κ1) is 13.3. The molecule has 4 heteroatoms. The summed E-state index contributed by atoms with van der Waals surface area (Å²) in [6, 6.07) is 8.42. The second-order valence-electron chi connectivity index (χ2n) is 5.40. The number of aromatic nitrogens is 1. The summed E-state index contributed by atoms with van der Waals surface area (Å²) in [6.45, 7) is 4.25. The highest BCUT2D eigenvalue weighted by Gasteiger charge is 2.39. The van der Waals surface area contributed by atoms with Crippen molar-refractivity contribution in [3.05, 3.63) is 35.2 Å². The molecule has 1 N–H and O–H groups in total. The SMILES string of the molecule is CCc1ccc(-c2csc(NC(=O)[C@H]3C[C@H]3C)n2)cc1. The predicted octanol–water partition coefficient (Wildman–Crippen LogP) is 3.97. The van der Waals surface area contributed by atoms with Crippen molar-refractivity contribution in [3.8, 4) is 11.3 Å². The summed E-state index contributed by atoms with van der Waals surface area (Å²) in [5.41, 5.74) is 3.34. The van der Waals surface area contributed by atoms with E-state index in [1.807, 2.05) is 5.38 Å². The van der Waals surface area contributed by atoms with E-state index in [4.69, 9.17) is 0 Å². The lowest BCUT2D eigenvalue weighted by Crippen LogP contribution is -2.14. The Morgan fingerprint density at radius 2 is 2.10 bits per heavy atom. The number of benzene rings is 1. The molecule has 1 heterocycles. The molecule has 3 nitrogen and oxygen atoms in total. The summed E-state index contributed by atoms with van der Waals surface area (Å²) in [7, 11) is 0. The Morgan fingerprint density at radius 1 is 1.40 bits per heavy atom. The Kier molecular flexibility index (Phi) is 3.57. The molecule has 0 saturated heterocycles. The van der Waals surface area contributed by atoms with Crippen LogP contribution in [0, 0.1) is 11.8 Å². The van der Waals surface area contributed by atoms with Gasteiger partial charge < -0.3 is 5.32 Å². The number of nitrogens with zero attached hydrogens (tertiary/aromatic N) is 1. The first-order valence-corrected chi connectivity index (χ1v) is 7.91. The molecule has 1 fully saturated rings. The molecule has 1 amide bonds. The molecule has 1 aliphatic carbocycles. The highest BCUT2D eigenvalue weighted by molar-refractivity contribution is 7.14. The average molecular weight is 286 g/mol. The smallest absolute Gasteiger partial charge is 0.229 e. The van der Waals surface area contributed by atoms with Crippen molar-refractivity contribution < 1.29 is 4.79 Å². The third-order valence-electron chi connectivity index (χ3n) is 3.84. The van der Waals surface area contributed by atoms with E-state index in [2.05, 4.69) is 48.4 Å². The van der Waals surface area contributed by atoms with E-state index < -0.39 is 0 Å². The number of carbonyl (C=O) groups excluding carboxylic acids is 1. The van der Waals surface area contributed by atoms with Crippen LogP contribution < -0.4 is 5.32 Å². The van der Waals surface area contributed by atoms with E-state index in [-0.39, 0.29) is 11.8 Å². The standard InChI is InChI=1S/C16H18N2OS/c1-3-11-4-6-12(7-5-11)14-9-20-16(17-14)18-15(19)13-8-10(13)2/h4-7,9-10,13H,3,8H2,1-2H3,(H,17,18,19)/t10-,13+/m1/s1. The number of hydrogen-bond donors (Lipinski definition) is 1. The molecule has 20 heavy (non-hydrogen) atoms. The number of hydrogen-bond acceptors (Lipinski definition) is 3. The minimum absolute atomic E-state index is 0.111. The lowest BCUT2D eigenvalue weighted by molar-refractivity contribution is -0.117. The second-order valence-corrected chi connectivity index (χ2v) is 6.26. The summed E-state index contributed by atoms with van der Waals surface area (Å²) < 4.78 is 0. The Balaban J connectivity index is 1.70. The second kappa shape index (κ2) is 5.37. The van der Waals surface area contributed by atoms with Gasteiger partial charge in [0.25, 0.3) is 0 Å². The molecule has 0 bridgehead atoms. The number of carbonyl (C=O) groups is 1. The van der Waals surface area contributed by atoms with E-state index in [0.29, 0.717) is 11.0 Å². The van der Waals surface area contributed by atoms with Crippen LogP contribution in [0.15, 0.2) is 29.6 Å². The van der Waals surface area contributed by atoms with Crippen LogP contribution in [0.4, 0.5) is 5.13 Å². The fourth-order valence-electron chi connectivity index (χ4n) is 2.26. The first-order valence-electron chi connectivity index (χ1n) is 7.03. The molecule has 0 aliphatic heterocycles. The molecule has 0 unspecified atom stereocenters. The largest absolute Gasteiger partial charge is 0.302 e. The third-order valence-corrected chi connectivity index (χ3v) is 4.60. The van der Waals surface area contributed by atoms with Crippen molar-refractivity contribution in [2.45, 2.75) is 26.7 Å². The van der Waals surface area contributed by atoms with Crippen LogP contribution in [0.5, 0.6) is 0 Å². The van der Waals surface area contributed by atoms with E-state index in [0.717, 1.165) is 24.1 Å². The molecule has 1 aromatic carbocycles. The van der Waals surface area contributed by atoms with Gasteiger partial charge in [-0.3, -0.25) is 4.79 Å². The number of anilines is 1. The monoisotopic (exact) mass is 286 g/mol. The highest BCUT2D eigenvalue weighted by atomic mass is 32.1. The number of thiazole rings is 1. The lowest BCUT2D eigenvalue weighted by atomic mass is 10.1. The fourth-order valence-corrected chi connectivity index (χ4v) is 2.98. The molecule has 3 rings (SSSR count). The van der Waals surface area contributed by atoms with Gasteiger partial charge in [0.15, 0.2) is 5.13 Å². The fraction of sp³-hybridized carbons (Fsp3) is 0.375. The Bertz CT molecular complexity index is 618. The quantitative estimate of drug-likeness (QED) is 0.924. The predicted molar refractivity (Wildman–Crippen MR) is 82.8 cm³/mol.